The lowest BCUT2D eigenvalue weighted by Crippen LogP contribution is -2.32. The quantitative estimate of drug-likeness (QED) is 0.714. The van der Waals surface area contributed by atoms with Crippen molar-refractivity contribution >= 4 is 5.91 Å². The van der Waals surface area contributed by atoms with Gasteiger partial charge in [0.25, 0.3) is 0 Å². The third-order valence-corrected chi connectivity index (χ3v) is 3.93. The minimum absolute atomic E-state index is 0.0628. The number of tetrazole rings is 1. The van der Waals surface area contributed by atoms with Gasteiger partial charge in [-0.25, -0.2) is 0 Å². The monoisotopic (exact) mass is 337 g/mol. The fourth-order valence-corrected chi connectivity index (χ4v) is 2.41. The molecule has 0 radical (unpaired) electrons. The molecule has 1 amide bonds. The molecule has 0 saturated heterocycles. The summed E-state index contributed by atoms with van der Waals surface area (Å²) in [6.45, 7) is 1.98. The first-order chi connectivity index (χ1) is 12.2. The molecular formula is C18H19N5O2. The number of benzene rings is 2. The zero-order valence-corrected chi connectivity index (χ0v) is 13.8. The normalized spacial score (nSPS) is 11.9. The van der Waals surface area contributed by atoms with Gasteiger partial charge in [-0.3, -0.25) is 4.79 Å². The van der Waals surface area contributed by atoms with Crippen LogP contribution in [-0.2, 0) is 17.9 Å². The van der Waals surface area contributed by atoms with Gasteiger partial charge in [0.1, 0.15) is 6.04 Å². The van der Waals surface area contributed by atoms with E-state index >= 15 is 0 Å². The number of aliphatic hydroxyl groups is 1. The first-order valence-electron chi connectivity index (χ1n) is 7.99. The molecule has 7 nitrogen and oxygen atoms in total. The van der Waals surface area contributed by atoms with E-state index in [0.717, 1.165) is 16.7 Å². The standard InChI is InChI=1S/C18H19N5O2/c1-13(18(25)19-11-15-9-5-6-10-16(15)12-24)23-21-17(20-22-23)14-7-3-2-4-8-14/h2-10,13,24H,11-12H2,1H3,(H,19,25). The van der Waals surface area contributed by atoms with Gasteiger partial charge in [-0.1, -0.05) is 54.6 Å². The van der Waals surface area contributed by atoms with Crippen molar-refractivity contribution in [3.63, 3.8) is 0 Å². The summed E-state index contributed by atoms with van der Waals surface area (Å²) in [6, 6.07) is 16.3. The highest BCUT2D eigenvalue weighted by Crippen LogP contribution is 2.14. The summed E-state index contributed by atoms with van der Waals surface area (Å²) in [5.41, 5.74) is 2.51. The van der Waals surface area contributed by atoms with Gasteiger partial charge in [0.2, 0.25) is 11.7 Å². The molecule has 2 aromatic carbocycles. The van der Waals surface area contributed by atoms with Crippen molar-refractivity contribution in [3.8, 4) is 11.4 Å². The largest absolute Gasteiger partial charge is 0.392 e. The Hall–Kier alpha value is -3.06. The number of nitrogens with zero attached hydrogens (tertiary/aromatic N) is 4. The molecule has 0 bridgehead atoms. The molecule has 3 rings (SSSR count). The van der Waals surface area contributed by atoms with Gasteiger partial charge >= 0.3 is 0 Å². The van der Waals surface area contributed by atoms with Crippen molar-refractivity contribution in [2.24, 2.45) is 0 Å². The number of carbonyl (C=O) groups is 1. The number of hydrogen-bond donors (Lipinski definition) is 2. The summed E-state index contributed by atoms with van der Waals surface area (Å²) in [5.74, 6) is 0.260. The van der Waals surface area contributed by atoms with Crippen LogP contribution in [0.15, 0.2) is 54.6 Å². The fraction of sp³-hybridized carbons (Fsp3) is 0.222. The molecule has 0 spiro atoms. The maximum Gasteiger partial charge on any atom is 0.246 e. The first kappa shape index (κ1) is 16.8. The highest BCUT2D eigenvalue weighted by Gasteiger charge is 2.18. The third-order valence-electron chi connectivity index (χ3n) is 3.93. The van der Waals surface area contributed by atoms with Crippen molar-refractivity contribution in [3.05, 3.63) is 65.7 Å². The summed E-state index contributed by atoms with van der Waals surface area (Å²) in [7, 11) is 0. The number of rotatable bonds is 6. The molecule has 7 heteroatoms. The van der Waals surface area contributed by atoms with Gasteiger partial charge in [-0.15, -0.1) is 10.2 Å². The van der Waals surface area contributed by atoms with E-state index < -0.39 is 6.04 Å². The Kier molecular flexibility index (Phi) is 5.15. The van der Waals surface area contributed by atoms with Gasteiger partial charge in [0.05, 0.1) is 6.61 Å². The molecule has 0 aliphatic rings. The Morgan fingerprint density at radius 1 is 1.12 bits per heavy atom. The number of nitrogens with one attached hydrogen (secondary N) is 1. The maximum absolute atomic E-state index is 12.4. The molecule has 25 heavy (non-hydrogen) atoms. The van der Waals surface area contributed by atoms with E-state index in [1.165, 1.54) is 4.80 Å². The van der Waals surface area contributed by atoms with Crippen molar-refractivity contribution in [2.75, 3.05) is 0 Å². The molecule has 0 aliphatic heterocycles. The van der Waals surface area contributed by atoms with E-state index in [0.29, 0.717) is 12.4 Å². The van der Waals surface area contributed by atoms with Crippen LogP contribution in [0.3, 0.4) is 0 Å². The lowest BCUT2D eigenvalue weighted by atomic mass is 10.1. The average Bonchev–Trinajstić information content (AvgIpc) is 3.16. The number of amides is 1. The second-order valence-corrected chi connectivity index (χ2v) is 5.62. The smallest absolute Gasteiger partial charge is 0.246 e. The topological polar surface area (TPSA) is 92.9 Å². The SMILES string of the molecule is CC(C(=O)NCc1ccccc1CO)n1nnc(-c2ccccc2)n1. The van der Waals surface area contributed by atoms with Crippen molar-refractivity contribution in [2.45, 2.75) is 26.1 Å². The van der Waals surface area contributed by atoms with Gasteiger partial charge in [0.15, 0.2) is 0 Å². The number of hydrogen-bond acceptors (Lipinski definition) is 5. The molecule has 0 saturated carbocycles. The minimum atomic E-state index is -0.591. The Bertz CT molecular complexity index is 847. The number of aliphatic hydroxyl groups excluding tert-OH is 1. The van der Waals surface area contributed by atoms with Crippen LogP contribution >= 0.6 is 0 Å². The molecule has 1 aromatic heterocycles. The summed E-state index contributed by atoms with van der Waals surface area (Å²) in [4.78, 5) is 13.7. The molecule has 3 aromatic rings. The van der Waals surface area contributed by atoms with E-state index in [1.807, 2.05) is 54.6 Å². The van der Waals surface area contributed by atoms with Crippen LogP contribution in [0.2, 0.25) is 0 Å². The highest BCUT2D eigenvalue weighted by molar-refractivity contribution is 5.79. The van der Waals surface area contributed by atoms with Gasteiger partial charge < -0.3 is 10.4 Å². The summed E-state index contributed by atoms with van der Waals surface area (Å²) in [6.07, 6.45) is 0. The van der Waals surface area contributed by atoms with Crippen LogP contribution in [0.5, 0.6) is 0 Å². The maximum atomic E-state index is 12.4. The molecule has 1 atom stereocenters. The van der Waals surface area contributed by atoms with Crippen LogP contribution in [0.1, 0.15) is 24.1 Å². The lowest BCUT2D eigenvalue weighted by Gasteiger charge is -2.12. The Morgan fingerprint density at radius 2 is 1.80 bits per heavy atom. The second-order valence-electron chi connectivity index (χ2n) is 5.62. The van der Waals surface area contributed by atoms with E-state index in [9.17, 15) is 9.90 Å². The highest BCUT2D eigenvalue weighted by atomic mass is 16.3. The lowest BCUT2D eigenvalue weighted by molar-refractivity contribution is -0.124. The molecule has 128 valence electrons. The van der Waals surface area contributed by atoms with Gasteiger partial charge in [-0.05, 0) is 23.3 Å². The summed E-state index contributed by atoms with van der Waals surface area (Å²) < 4.78 is 0. The van der Waals surface area contributed by atoms with Crippen molar-refractivity contribution in [1.29, 1.82) is 0 Å². The van der Waals surface area contributed by atoms with Crippen LogP contribution in [-0.4, -0.2) is 31.2 Å². The summed E-state index contributed by atoms with van der Waals surface area (Å²) in [5, 5.41) is 24.4. The van der Waals surface area contributed by atoms with E-state index in [2.05, 4.69) is 20.7 Å². The zero-order chi connectivity index (χ0) is 17.6. The van der Waals surface area contributed by atoms with Crippen LogP contribution < -0.4 is 5.32 Å². The molecule has 0 fully saturated rings. The predicted octanol–water partition coefficient (Wildman–Crippen LogP) is 1.71. The second kappa shape index (κ2) is 7.67. The molecular weight excluding hydrogens is 318 g/mol. The molecule has 0 aliphatic carbocycles. The molecule has 1 unspecified atom stereocenters. The van der Waals surface area contributed by atoms with Gasteiger partial charge in [0, 0.05) is 12.1 Å². The minimum Gasteiger partial charge on any atom is -0.392 e. The van der Waals surface area contributed by atoms with Crippen LogP contribution in [0, 0.1) is 0 Å². The Morgan fingerprint density at radius 3 is 2.52 bits per heavy atom. The van der Waals surface area contributed by atoms with Crippen molar-refractivity contribution < 1.29 is 9.90 Å². The fourth-order valence-electron chi connectivity index (χ4n) is 2.41. The average molecular weight is 337 g/mol. The van der Waals surface area contributed by atoms with E-state index in [-0.39, 0.29) is 12.5 Å². The van der Waals surface area contributed by atoms with E-state index in [4.69, 9.17) is 0 Å². The van der Waals surface area contributed by atoms with Crippen LogP contribution in [0.25, 0.3) is 11.4 Å². The zero-order valence-electron chi connectivity index (χ0n) is 13.8. The molecule has 1 heterocycles. The van der Waals surface area contributed by atoms with Gasteiger partial charge in [-0.2, -0.15) is 4.80 Å². The summed E-state index contributed by atoms with van der Waals surface area (Å²) >= 11 is 0. The first-order valence-corrected chi connectivity index (χ1v) is 7.99. The Balaban J connectivity index is 1.66. The molecule has 2 N–H and O–H groups in total. The van der Waals surface area contributed by atoms with Crippen molar-refractivity contribution in [1.82, 2.24) is 25.5 Å². The number of carbonyl (C=O) groups excluding carboxylic acids is 1. The third kappa shape index (κ3) is 3.89. The van der Waals surface area contributed by atoms with E-state index in [1.54, 1.807) is 6.92 Å². The van der Waals surface area contributed by atoms with Crippen LogP contribution in [0.4, 0.5) is 0 Å². The predicted molar refractivity (Wildman–Crippen MR) is 92.2 cm³/mol. The Labute approximate surface area is 145 Å². The number of aromatic nitrogens is 4.